The van der Waals surface area contributed by atoms with Gasteiger partial charge in [0.2, 0.25) is 0 Å². The average molecular weight is 192 g/mol. The van der Waals surface area contributed by atoms with E-state index in [9.17, 15) is 5.11 Å². The fraction of sp³-hybridized carbons (Fsp3) is 0.538. The van der Waals surface area contributed by atoms with Crippen LogP contribution in [-0.2, 0) is 0 Å². The minimum absolute atomic E-state index is 0.615. The van der Waals surface area contributed by atoms with E-state index in [0.29, 0.717) is 6.42 Å². The Morgan fingerprint density at radius 3 is 2.86 bits per heavy atom. The second-order valence-corrected chi connectivity index (χ2v) is 4.08. The van der Waals surface area contributed by atoms with Crippen LogP contribution in [0.15, 0.2) is 37.0 Å². The summed E-state index contributed by atoms with van der Waals surface area (Å²) in [6.07, 6.45) is 11.6. The molecule has 0 saturated heterocycles. The van der Waals surface area contributed by atoms with Gasteiger partial charge < -0.3 is 5.11 Å². The maximum atomic E-state index is 10.2. The van der Waals surface area contributed by atoms with Crippen molar-refractivity contribution < 1.29 is 5.11 Å². The number of aliphatic hydroxyl groups is 1. The fourth-order valence-corrected chi connectivity index (χ4v) is 2.04. The lowest BCUT2D eigenvalue weighted by Crippen LogP contribution is -2.28. The molecule has 0 aliphatic heterocycles. The molecule has 0 bridgehead atoms. The summed E-state index contributed by atoms with van der Waals surface area (Å²) in [7, 11) is 0. The van der Waals surface area contributed by atoms with Crippen molar-refractivity contribution in [3.63, 3.8) is 0 Å². The third-order valence-electron chi connectivity index (χ3n) is 2.75. The van der Waals surface area contributed by atoms with Crippen molar-refractivity contribution in [2.45, 2.75) is 44.1 Å². The van der Waals surface area contributed by atoms with Crippen LogP contribution >= 0.6 is 0 Å². The molecule has 0 radical (unpaired) electrons. The van der Waals surface area contributed by atoms with Crippen LogP contribution in [0.4, 0.5) is 0 Å². The zero-order valence-electron chi connectivity index (χ0n) is 8.84. The maximum absolute atomic E-state index is 10.2. The van der Waals surface area contributed by atoms with Gasteiger partial charge in [0.1, 0.15) is 0 Å². The van der Waals surface area contributed by atoms with E-state index >= 15 is 0 Å². The molecule has 0 unspecified atom stereocenters. The lowest BCUT2D eigenvalue weighted by molar-refractivity contribution is 0.0758. The van der Waals surface area contributed by atoms with Crippen molar-refractivity contribution in [3.8, 4) is 0 Å². The summed E-state index contributed by atoms with van der Waals surface area (Å²) in [5.74, 6) is 0. The van der Waals surface area contributed by atoms with Gasteiger partial charge in [-0.05, 0) is 38.5 Å². The zero-order valence-corrected chi connectivity index (χ0v) is 8.84. The molecule has 1 atom stereocenters. The minimum Gasteiger partial charge on any atom is -0.385 e. The summed E-state index contributed by atoms with van der Waals surface area (Å²) in [4.78, 5) is 0. The van der Waals surface area contributed by atoms with Crippen LogP contribution in [0.25, 0.3) is 0 Å². The average Bonchev–Trinajstić information content (AvgIpc) is 2.15. The normalized spacial score (nSPS) is 26.8. The van der Waals surface area contributed by atoms with Gasteiger partial charge in [0.05, 0.1) is 5.60 Å². The van der Waals surface area contributed by atoms with Gasteiger partial charge in [-0.1, -0.05) is 23.8 Å². The molecule has 0 aromatic heterocycles. The first-order valence-electron chi connectivity index (χ1n) is 5.35. The van der Waals surface area contributed by atoms with Gasteiger partial charge in [-0.2, -0.15) is 0 Å². The van der Waals surface area contributed by atoms with Gasteiger partial charge in [-0.25, -0.2) is 0 Å². The Bertz CT molecular complexity index is 240. The van der Waals surface area contributed by atoms with Crippen molar-refractivity contribution in [3.05, 3.63) is 37.0 Å². The van der Waals surface area contributed by atoms with E-state index in [1.165, 1.54) is 5.57 Å². The second kappa shape index (κ2) is 5.16. The van der Waals surface area contributed by atoms with Crippen molar-refractivity contribution >= 4 is 0 Å². The first kappa shape index (κ1) is 11.3. The van der Waals surface area contributed by atoms with Gasteiger partial charge in [-0.15, -0.1) is 13.2 Å². The number of allylic oxidation sites excluding steroid dienone is 2. The molecule has 0 spiro atoms. The highest BCUT2D eigenvalue weighted by molar-refractivity contribution is 5.16. The summed E-state index contributed by atoms with van der Waals surface area (Å²) in [6, 6.07) is 0. The van der Waals surface area contributed by atoms with Gasteiger partial charge in [-0.3, -0.25) is 0 Å². The van der Waals surface area contributed by atoms with E-state index in [2.05, 4.69) is 13.2 Å². The van der Waals surface area contributed by atoms with Crippen molar-refractivity contribution in [2.24, 2.45) is 0 Å². The molecular weight excluding hydrogens is 172 g/mol. The minimum atomic E-state index is -0.615. The molecule has 78 valence electrons. The first-order valence-corrected chi connectivity index (χ1v) is 5.35. The van der Waals surface area contributed by atoms with Crippen LogP contribution in [0.2, 0.25) is 0 Å². The van der Waals surface area contributed by atoms with Gasteiger partial charge in [0, 0.05) is 0 Å². The maximum Gasteiger partial charge on any atom is 0.0864 e. The monoisotopic (exact) mass is 192 g/mol. The van der Waals surface area contributed by atoms with Crippen LogP contribution < -0.4 is 0 Å². The van der Waals surface area contributed by atoms with Crippen LogP contribution in [0.1, 0.15) is 38.5 Å². The first-order chi connectivity index (χ1) is 6.70. The standard InChI is InChI=1S/C13H20O/c1-3-5-7-12-8-6-10-13(14,11-12)9-4-2/h3-4,11,14H,1-2,5-10H2/t13-/m1/s1. The molecule has 1 N–H and O–H groups in total. The number of rotatable bonds is 5. The van der Waals surface area contributed by atoms with Crippen molar-refractivity contribution in [1.29, 1.82) is 0 Å². The Morgan fingerprint density at radius 2 is 2.21 bits per heavy atom. The molecule has 0 heterocycles. The van der Waals surface area contributed by atoms with Crippen molar-refractivity contribution in [1.82, 2.24) is 0 Å². The molecule has 0 aromatic rings. The van der Waals surface area contributed by atoms with E-state index in [1.807, 2.05) is 12.2 Å². The Balaban J connectivity index is 2.61. The highest BCUT2D eigenvalue weighted by Gasteiger charge is 2.25. The predicted octanol–water partition coefficient (Wildman–Crippen LogP) is 3.37. The fourth-order valence-electron chi connectivity index (χ4n) is 2.04. The highest BCUT2D eigenvalue weighted by Crippen LogP contribution is 2.31. The van der Waals surface area contributed by atoms with E-state index in [0.717, 1.165) is 32.1 Å². The highest BCUT2D eigenvalue weighted by atomic mass is 16.3. The van der Waals surface area contributed by atoms with E-state index in [1.54, 1.807) is 6.08 Å². The van der Waals surface area contributed by atoms with E-state index in [4.69, 9.17) is 0 Å². The smallest absolute Gasteiger partial charge is 0.0864 e. The molecule has 0 aromatic carbocycles. The molecule has 1 rings (SSSR count). The molecule has 0 saturated carbocycles. The molecule has 0 fully saturated rings. The Hall–Kier alpha value is -0.820. The van der Waals surface area contributed by atoms with E-state index in [-0.39, 0.29) is 0 Å². The quantitative estimate of drug-likeness (QED) is 0.662. The summed E-state index contributed by atoms with van der Waals surface area (Å²) < 4.78 is 0. The topological polar surface area (TPSA) is 20.2 Å². The molecule has 1 aliphatic rings. The summed E-state index contributed by atoms with van der Waals surface area (Å²) in [5.41, 5.74) is 0.761. The van der Waals surface area contributed by atoms with Crippen LogP contribution in [0, 0.1) is 0 Å². The molecule has 1 aliphatic carbocycles. The van der Waals surface area contributed by atoms with Crippen LogP contribution in [-0.4, -0.2) is 10.7 Å². The molecule has 1 heteroatoms. The van der Waals surface area contributed by atoms with Crippen molar-refractivity contribution in [2.75, 3.05) is 0 Å². The lowest BCUT2D eigenvalue weighted by atomic mass is 9.83. The largest absolute Gasteiger partial charge is 0.385 e. The second-order valence-electron chi connectivity index (χ2n) is 4.08. The Labute approximate surface area is 86.8 Å². The number of hydrogen-bond acceptors (Lipinski definition) is 1. The summed E-state index contributed by atoms with van der Waals surface area (Å²) in [6.45, 7) is 7.39. The van der Waals surface area contributed by atoms with Gasteiger partial charge in [0.15, 0.2) is 0 Å². The van der Waals surface area contributed by atoms with Crippen LogP contribution in [0.5, 0.6) is 0 Å². The molecule has 0 amide bonds. The lowest BCUT2D eigenvalue weighted by Gasteiger charge is -2.29. The zero-order chi connectivity index (χ0) is 10.4. The van der Waals surface area contributed by atoms with E-state index < -0.39 is 5.60 Å². The summed E-state index contributed by atoms with van der Waals surface area (Å²) in [5, 5.41) is 10.2. The van der Waals surface area contributed by atoms with Gasteiger partial charge in [0.25, 0.3) is 0 Å². The molecule has 1 nitrogen and oxygen atoms in total. The Morgan fingerprint density at radius 1 is 1.43 bits per heavy atom. The third kappa shape index (κ3) is 3.15. The van der Waals surface area contributed by atoms with Crippen LogP contribution in [0.3, 0.4) is 0 Å². The number of hydrogen-bond donors (Lipinski definition) is 1. The molecule has 14 heavy (non-hydrogen) atoms. The SMILES string of the molecule is C=CCCC1=C[C@@](O)(CC=C)CCC1. The van der Waals surface area contributed by atoms with Gasteiger partial charge >= 0.3 is 0 Å². The third-order valence-corrected chi connectivity index (χ3v) is 2.75. The summed E-state index contributed by atoms with van der Waals surface area (Å²) >= 11 is 0. The predicted molar refractivity (Wildman–Crippen MR) is 61.1 cm³/mol. The molecular formula is C13H20O. The Kier molecular flexibility index (Phi) is 4.15.